The predicted molar refractivity (Wildman–Crippen MR) is 321 cm³/mol. The van der Waals surface area contributed by atoms with Crippen LogP contribution in [0.3, 0.4) is 0 Å². The first-order valence-corrected chi connectivity index (χ1v) is 30.0. The number of aromatic nitrogens is 2. The van der Waals surface area contributed by atoms with E-state index in [0.717, 1.165) is 114 Å². The number of benzene rings is 4. The minimum absolute atomic E-state index is 0.126. The van der Waals surface area contributed by atoms with Gasteiger partial charge in [0, 0.05) is 94.4 Å². The van der Waals surface area contributed by atoms with Gasteiger partial charge >= 0.3 is 11.9 Å². The number of pyridine rings is 2. The number of phenols is 2. The van der Waals surface area contributed by atoms with E-state index in [4.69, 9.17) is 27.8 Å². The van der Waals surface area contributed by atoms with Gasteiger partial charge < -0.3 is 47.0 Å². The normalized spacial score (nSPS) is 18.7. The highest BCUT2D eigenvalue weighted by Gasteiger charge is 2.38. The molecule has 6 heterocycles. The summed E-state index contributed by atoms with van der Waals surface area (Å²) in [5.41, 5.74) is 4.98. The topological polar surface area (TPSA) is 170 Å². The molecule has 4 aliphatic rings. The fourth-order valence-corrected chi connectivity index (χ4v) is 13.5. The molecule has 2 aliphatic heterocycles. The molecule has 0 bridgehead atoms. The number of rotatable bonds is 16. The molecular weight excluding hydrogens is 1050 g/mol. The van der Waals surface area contributed by atoms with Crippen molar-refractivity contribution < 1.29 is 56.5 Å². The Bertz CT molecular complexity index is 3550. The summed E-state index contributed by atoms with van der Waals surface area (Å²) >= 11 is 0. The molecule has 16 heteroatoms. The first-order valence-electron chi connectivity index (χ1n) is 30.0. The number of esters is 2. The molecular formula is C67H82N6O10+2. The second-order valence-corrected chi connectivity index (χ2v) is 24.8. The monoisotopic (exact) mass is 1130 g/mol. The van der Waals surface area contributed by atoms with Gasteiger partial charge in [-0.2, -0.15) is 0 Å². The molecule has 16 nitrogen and oxygen atoms in total. The summed E-state index contributed by atoms with van der Waals surface area (Å²) in [6.07, 6.45) is 23.8. The molecule has 2 saturated carbocycles. The van der Waals surface area contributed by atoms with E-state index in [9.17, 15) is 19.8 Å². The highest BCUT2D eigenvalue weighted by molar-refractivity contribution is 6.17. The van der Waals surface area contributed by atoms with E-state index in [0.29, 0.717) is 73.9 Å². The van der Waals surface area contributed by atoms with Gasteiger partial charge in [-0.1, -0.05) is 57.8 Å². The van der Waals surface area contributed by atoms with Gasteiger partial charge in [-0.05, 0) is 96.5 Å². The number of methoxy groups -OCH3 is 2. The van der Waals surface area contributed by atoms with Gasteiger partial charge in [0.2, 0.25) is 0 Å². The number of aromatic hydroxyl groups is 2. The molecule has 83 heavy (non-hydrogen) atoms. The maximum absolute atomic E-state index is 13.0. The number of hydrogen-bond acceptors (Lipinski definition) is 14. The molecule has 0 spiro atoms. The number of hydrogen-bond donors (Lipinski definition) is 2. The second-order valence-electron chi connectivity index (χ2n) is 24.8. The number of likely N-dealkylation sites (N-methyl/N-ethyl adjacent to an activating group) is 2. The number of carbonyl (C=O) groups is 2. The fraction of sp³-hybridized carbons (Fsp3) is 0.463. The SMILES string of the molecule is COC(=O)c1coc2c1c(C(c1ccncc1)N1CC[N+](C)(C)CC1)c(O)c1cc(OCCC3CCCC3)ccc12.COC(=O)c1coc2c1c(C(c1ccncc1)N1CC[N+](C)(C)CC1)c(O)c1cc(OCCC3CCCCC3)ccc12. The third-order valence-corrected chi connectivity index (χ3v) is 18.5. The molecule has 8 aromatic rings. The quantitative estimate of drug-likeness (QED) is 0.0692. The molecule has 4 aromatic carbocycles. The Morgan fingerprint density at radius 1 is 0.554 bits per heavy atom. The van der Waals surface area contributed by atoms with Crippen LogP contribution in [0.5, 0.6) is 23.0 Å². The second kappa shape index (κ2) is 24.9. The van der Waals surface area contributed by atoms with E-state index in [1.165, 1.54) is 84.5 Å². The Morgan fingerprint density at radius 2 is 0.928 bits per heavy atom. The average molecular weight is 1130 g/mol. The van der Waals surface area contributed by atoms with Crippen LogP contribution in [0.25, 0.3) is 43.5 Å². The van der Waals surface area contributed by atoms with Crippen molar-refractivity contribution in [2.45, 2.75) is 82.7 Å². The van der Waals surface area contributed by atoms with Crippen LogP contribution in [0.1, 0.15) is 126 Å². The molecule has 0 amide bonds. The van der Waals surface area contributed by atoms with E-state index >= 15 is 0 Å². The zero-order valence-corrected chi connectivity index (χ0v) is 49.2. The van der Waals surface area contributed by atoms with Gasteiger partial charge in [0.1, 0.15) is 57.8 Å². The Balaban J connectivity index is 0.000000174. The molecule has 4 fully saturated rings. The number of phenolic OH excluding ortho intramolecular Hbond substituents is 2. The van der Waals surface area contributed by atoms with Gasteiger partial charge in [0.05, 0.1) is 93.9 Å². The van der Waals surface area contributed by atoms with E-state index < -0.39 is 11.9 Å². The lowest BCUT2D eigenvalue weighted by atomic mass is 9.87. The number of carbonyl (C=O) groups excluding carboxylic acids is 2. The average Bonchev–Trinajstić information content (AvgIpc) is 2.93. The van der Waals surface area contributed by atoms with Crippen molar-refractivity contribution in [2.24, 2.45) is 11.8 Å². The Hall–Kier alpha value is -7.24. The van der Waals surface area contributed by atoms with Gasteiger partial charge in [0.15, 0.2) is 0 Å². The van der Waals surface area contributed by atoms with E-state index in [-0.39, 0.29) is 23.6 Å². The summed E-state index contributed by atoms with van der Waals surface area (Å²) in [7, 11) is 11.7. The molecule has 12 rings (SSSR count). The number of quaternary nitrogens is 2. The van der Waals surface area contributed by atoms with Crippen molar-refractivity contribution in [1.82, 2.24) is 19.8 Å². The van der Waals surface area contributed by atoms with Crippen molar-refractivity contribution >= 4 is 55.4 Å². The predicted octanol–water partition coefficient (Wildman–Crippen LogP) is 12.2. The zero-order valence-electron chi connectivity index (χ0n) is 49.2. The van der Waals surface area contributed by atoms with Crippen LogP contribution in [0.15, 0.2) is 107 Å². The molecule has 0 radical (unpaired) electrons. The van der Waals surface area contributed by atoms with E-state index in [2.05, 4.69) is 48.0 Å². The van der Waals surface area contributed by atoms with Crippen LogP contribution < -0.4 is 9.47 Å². The highest BCUT2D eigenvalue weighted by Crippen LogP contribution is 2.50. The standard InChI is InChI=1S/C34H41N3O5.C33H39N3O5/c1-37(2)18-16-36(17-19-37)31(24-11-14-35-15-12-24)30-29-28(34(39)40-3)22-42-33(29)26-10-9-25(21-27(26)32(30)38)41-20-13-23-7-5-4-6-8-23;1-36(2)17-15-35(16-18-36)30(23-10-13-34-14-11-23)29-28-27(33(38)39-3)21-41-32(28)25-9-8-24(20-26(25)31(29)37)40-19-12-22-6-4-5-7-22/h9-12,14-15,21-23,31H,4-8,13,16-20H2,1-3H3;8-11,13-14,20-22,30H,4-7,12,15-19H2,1-3H3/p+2. The lowest BCUT2D eigenvalue weighted by Gasteiger charge is -2.42. The molecule has 4 aromatic heterocycles. The van der Waals surface area contributed by atoms with Crippen LogP contribution in [-0.4, -0.2) is 159 Å². The summed E-state index contributed by atoms with van der Waals surface area (Å²) in [5.74, 6) is 2.16. The van der Waals surface area contributed by atoms with Crippen LogP contribution in [-0.2, 0) is 9.47 Å². The summed E-state index contributed by atoms with van der Waals surface area (Å²) in [4.78, 5) is 39.3. The van der Waals surface area contributed by atoms with Gasteiger partial charge in [-0.3, -0.25) is 19.8 Å². The molecule has 2 N–H and O–H groups in total. The first-order chi connectivity index (χ1) is 40.2. The van der Waals surface area contributed by atoms with Crippen LogP contribution in [0, 0.1) is 11.8 Å². The Morgan fingerprint density at radius 3 is 1.30 bits per heavy atom. The number of piperazine rings is 2. The third-order valence-electron chi connectivity index (χ3n) is 18.5. The van der Waals surface area contributed by atoms with Crippen molar-refractivity contribution in [2.75, 3.05) is 108 Å². The summed E-state index contributed by atoms with van der Waals surface area (Å²) in [6, 6.07) is 18.8. The maximum Gasteiger partial charge on any atom is 0.341 e. The van der Waals surface area contributed by atoms with Crippen molar-refractivity contribution in [3.05, 3.63) is 131 Å². The molecule has 2 atom stereocenters. The van der Waals surface area contributed by atoms with Gasteiger partial charge in [-0.25, -0.2) is 9.59 Å². The maximum atomic E-state index is 13.0. The van der Waals surface area contributed by atoms with E-state index in [1.807, 2.05) is 60.7 Å². The third kappa shape index (κ3) is 12.2. The summed E-state index contributed by atoms with van der Waals surface area (Å²) < 4.78 is 36.8. The molecule has 2 unspecified atom stereocenters. The first kappa shape index (κ1) is 57.6. The highest BCUT2D eigenvalue weighted by atomic mass is 16.5. The van der Waals surface area contributed by atoms with Crippen LogP contribution >= 0.6 is 0 Å². The summed E-state index contributed by atoms with van der Waals surface area (Å²) in [5, 5.41) is 28.2. The zero-order chi connectivity index (χ0) is 57.8. The number of ether oxygens (including phenoxy) is 4. The van der Waals surface area contributed by atoms with Gasteiger partial charge in [0.25, 0.3) is 0 Å². The number of nitrogens with zero attached hydrogens (tertiary/aromatic N) is 6. The minimum atomic E-state index is -0.500. The van der Waals surface area contributed by atoms with Crippen LogP contribution in [0.4, 0.5) is 0 Å². The Kier molecular flexibility index (Phi) is 17.3. The van der Waals surface area contributed by atoms with Crippen LogP contribution in [0.2, 0.25) is 0 Å². The minimum Gasteiger partial charge on any atom is -0.507 e. The van der Waals surface area contributed by atoms with Crippen molar-refractivity contribution in [3.8, 4) is 23.0 Å². The molecule has 2 saturated heterocycles. The lowest BCUT2D eigenvalue weighted by molar-refractivity contribution is -0.894. The largest absolute Gasteiger partial charge is 0.507 e. The van der Waals surface area contributed by atoms with Crippen molar-refractivity contribution in [3.63, 3.8) is 0 Å². The Labute approximate surface area is 486 Å². The molecule has 2 aliphatic carbocycles. The summed E-state index contributed by atoms with van der Waals surface area (Å²) in [6.45, 7) is 8.48. The van der Waals surface area contributed by atoms with Crippen molar-refractivity contribution in [1.29, 1.82) is 0 Å². The number of furan rings is 2. The fourth-order valence-electron chi connectivity index (χ4n) is 13.5. The lowest BCUT2D eigenvalue weighted by Crippen LogP contribution is -2.55. The van der Waals surface area contributed by atoms with Gasteiger partial charge in [-0.15, -0.1) is 0 Å². The number of fused-ring (bicyclic) bond motifs is 6. The smallest absolute Gasteiger partial charge is 0.341 e. The van der Waals surface area contributed by atoms with E-state index in [1.54, 1.807) is 24.8 Å². The molecule has 438 valence electrons.